The maximum Gasteiger partial charge on any atom is 0.331 e. The first-order valence-corrected chi connectivity index (χ1v) is 12.0. The van der Waals surface area contributed by atoms with E-state index < -0.39 is 0 Å². The Morgan fingerprint density at radius 2 is 2.03 bits per heavy atom. The molecule has 0 amide bonds. The molecule has 3 heteroatoms. The van der Waals surface area contributed by atoms with Gasteiger partial charge in [-0.05, 0) is 79.0 Å². The van der Waals surface area contributed by atoms with E-state index in [-0.39, 0.29) is 17.8 Å². The third-order valence-electron chi connectivity index (χ3n) is 7.81. The van der Waals surface area contributed by atoms with Gasteiger partial charge in [-0.2, -0.15) is 0 Å². The summed E-state index contributed by atoms with van der Waals surface area (Å²) in [6, 6.07) is 6.90. The van der Waals surface area contributed by atoms with E-state index in [9.17, 15) is 9.90 Å². The van der Waals surface area contributed by atoms with E-state index in [2.05, 4.69) is 27.7 Å². The Bertz CT molecular complexity index is 737. The molecule has 2 aliphatic rings. The molecule has 1 N–H and O–H groups in total. The van der Waals surface area contributed by atoms with Crippen LogP contribution in [0.15, 0.2) is 30.3 Å². The molecule has 3 nitrogen and oxygen atoms in total. The molecule has 0 aliphatic heterocycles. The molecule has 1 aromatic rings. The van der Waals surface area contributed by atoms with Gasteiger partial charge < -0.3 is 9.84 Å². The summed E-state index contributed by atoms with van der Waals surface area (Å²) in [4.78, 5) is 12.5. The van der Waals surface area contributed by atoms with Crippen molar-refractivity contribution in [2.24, 2.45) is 29.1 Å². The predicted molar refractivity (Wildman–Crippen MR) is 123 cm³/mol. The van der Waals surface area contributed by atoms with Crippen molar-refractivity contribution >= 4 is 12.0 Å². The van der Waals surface area contributed by atoms with E-state index in [1.54, 1.807) is 24.3 Å². The number of hydrogen-bond acceptors (Lipinski definition) is 3. The highest BCUT2D eigenvalue weighted by Crippen LogP contribution is 2.58. The lowest BCUT2D eigenvalue weighted by molar-refractivity contribution is -0.152. The molecule has 5 atom stereocenters. The molecule has 0 saturated heterocycles. The van der Waals surface area contributed by atoms with Crippen LogP contribution in [0.2, 0.25) is 0 Å². The second-order valence-electron chi connectivity index (χ2n) is 10.4. The monoisotopic (exact) mass is 412 g/mol. The van der Waals surface area contributed by atoms with Crippen LogP contribution >= 0.6 is 0 Å². The quantitative estimate of drug-likeness (QED) is 0.369. The van der Waals surface area contributed by atoms with Crippen LogP contribution in [0.4, 0.5) is 0 Å². The Morgan fingerprint density at radius 1 is 1.23 bits per heavy atom. The van der Waals surface area contributed by atoms with Crippen molar-refractivity contribution in [3.05, 3.63) is 35.9 Å². The van der Waals surface area contributed by atoms with Gasteiger partial charge in [0, 0.05) is 12.0 Å². The van der Waals surface area contributed by atoms with E-state index in [1.807, 2.05) is 6.07 Å². The summed E-state index contributed by atoms with van der Waals surface area (Å²) in [5.74, 6) is 2.71. The molecule has 166 valence electrons. The first-order chi connectivity index (χ1) is 14.3. The normalized spacial score (nSPS) is 29.8. The van der Waals surface area contributed by atoms with Crippen molar-refractivity contribution in [3.63, 3.8) is 0 Å². The summed E-state index contributed by atoms with van der Waals surface area (Å²) in [5.41, 5.74) is 1.10. The number of esters is 1. The number of hydrogen-bond donors (Lipinski definition) is 1. The zero-order valence-electron chi connectivity index (χ0n) is 19.3. The standard InChI is InChI=1S/C27H40O3/c1-19(2)8-5-9-20(3)23-14-15-24-25(12-7-17-27(23,24)4)30-26(29)16-13-21-10-6-11-22(28)18-21/h6,10-11,13,16,18-20,23-25,28H,5,7-9,12,14-15,17H2,1-4H3/b16-13+/t20-,23-,24+,25+,27-/m1/s1. The Labute approximate surface area is 182 Å². The number of rotatable bonds is 8. The minimum atomic E-state index is -0.263. The molecule has 0 radical (unpaired) electrons. The van der Waals surface area contributed by atoms with Crippen LogP contribution in [-0.4, -0.2) is 17.2 Å². The lowest BCUT2D eigenvalue weighted by Gasteiger charge is -2.46. The van der Waals surface area contributed by atoms with Gasteiger partial charge in [-0.25, -0.2) is 4.79 Å². The minimum Gasteiger partial charge on any atom is -0.508 e. The number of phenolic OH excluding ortho intramolecular Hbond substituents is 1. The summed E-state index contributed by atoms with van der Waals surface area (Å²) in [6.45, 7) is 9.54. The van der Waals surface area contributed by atoms with Gasteiger partial charge in [0.2, 0.25) is 0 Å². The fourth-order valence-electron chi connectivity index (χ4n) is 6.27. The van der Waals surface area contributed by atoms with E-state index in [1.165, 1.54) is 44.6 Å². The fraction of sp³-hybridized carbons (Fsp3) is 0.667. The Kier molecular flexibility index (Phi) is 7.65. The zero-order chi connectivity index (χ0) is 21.7. The van der Waals surface area contributed by atoms with Gasteiger partial charge in [0.1, 0.15) is 11.9 Å². The molecule has 30 heavy (non-hydrogen) atoms. The van der Waals surface area contributed by atoms with Gasteiger partial charge in [-0.1, -0.05) is 59.1 Å². The number of carbonyl (C=O) groups is 1. The molecule has 3 rings (SSSR count). The second kappa shape index (κ2) is 10.0. The summed E-state index contributed by atoms with van der Waals surface area (Å²) >= 11 is 0. The Balaban J connectivity index is 1.59. The highest BCUT2D eigenvalue weighted by Gasteiger charge is 2.53. The van der Waals surface area contributed by atoms with Crippen molar-refractivity contribution in [3.8, 4) is 5.75 Å². The van der Waals surface area contributed by atoms with Gasteiger partial charge in [-0.15, -0.1) is 0 Å². The lowest BCUT2D eigenvalue weighted by Crippen LogP contribution is -2.43. The summed E-state index contributed by atoms with van der Waals surface area (Å²) in [7, 11) is 0. The number of benzene rings is 1. The molecular weight excluding hydrogens is 372 g/mol. The number of carbonyl (C=O) groups excluding carboxylic acids is 1. The molecule has 0 bridgehead atoms. The van der Waals surface area contributed by atoms with Crippen molar-refractivity contribution in [1.82, 2.24) is 0 Å². The summed E-state index contributed by atoms with van der Waals surface area (Å²) < 4.78 is 5.97. The Morgan fingerprint density at radius 3 is 2.77 bits per heavy atom. The first-order valence-electron chi connectivity index (χ1n) is 12.0. The molecule has 2 saturated carbocycles. The molecule has 0 heterocycles. The van der Waals surface area contributed by atoms with Crippen molar-refractivity contribution in [2.45, 2.75) is 85.2 Å². The predicted octanol–water partition coefficient (Wildman–Crippen LogP) is 7.00. The van der Waals surface area contributed by atoms with E-state index in [0.717, 1.165) is 36.2 Å². The highest BCUT2D eigenvalue weighted by molar-refractivity contribution is 5.87. The maximum absolute atomic E-state index is 12.5. The molecule has 0 aromatic heterocycles. The van der Waals surface area contributed by atoms with Crippen molar-refractivity contribution in [2.75, 3.05) is 0 Å². The molecule has 2 fully saturated rings. The van der Waals surface area contributed by atoms with Crippen LogP contribution in [0.25, 0.3) is 6.08 Å². The minimum absolute atomic E-state index is 0.0398. The average Bonchev–Trinajstić information content (AvgIpc) is 3.04. The first kappa shape index (κ1) is 22.9. The number of ether oxygens (including phenoxy) is 1. The lowest BCUT2D eigenvalue weighted by atomic mass is 9.61. The molecule has 2 aliphatic carbocycles. The van der Waals surface area contributed by atoms with Crippen LogP contribution in [0.1, 0.15) is 84.6 Å². The third kappa shape index (κ3) is 5.47. The van der Waals surface area contributed by atoms with E-state index in [4.69, 9.17) is 4.74 Å². The van der Waals surface area contributed by atoms with Crippen LogP contribution in [0.3, 0.4) is 0 Å². The van der Waals surface area contributed by atoms with E-state index in [0.29, 0.717) is 11.3 Å². The number of fused-ring (bicyclic) bond motifs is 1. The van der Waals surface area contributed by atoms with Crippen LogP contribution in [-0.2, 0) is 9.53 Å². The van der Waals surface area contributed by atoms with Crippen LogP contribution in [0, 0.1) is 29.1 Å². The maximum atomic E-state index is 12.5. The van der Waals surface area contributed by atoms with Gasteiger partial charge in [0.05, 0.1) is 0 Å². The zero-order valence-corrected chi connectivity index (χ0v) is 19.3. The van der Waals surface area contributed by atoms with Gasteiger partial charge >= 0.3 is 5.97 Å². The van der Waals surface area contributed by atoms with E-state index >= 15 is 0 Å². The average molecular weight is 413 g/mol. The van der Waals surface area contributed by atoms with Crippen molar-refractivity contribution in [1.29, 1.82) is 0 Å². The van der Waals surface area contributed by atoms with Crippen molar-refractivity contribution < 1.29 is 14.6 Å². The topological polar surface area (TPSA) is 46.5 Å². The van der Waals surface area contributed by atoms with Crippen LogP contribution < -0.4 is 0 Å². The highest BCUT2D eigenvalue weighted by atomic mass is 16.5. The number of phenols is 1. The third-order valence-corrected chi connectivity index (χ3v) is 7.81. The van der Waals surface area contributed by atoms with Gasteiger partial charge in [0.15, 0.2) is 0 Å². The molecule has 1 aromatic carbocycles. The molecule has 0 unspecified atom stereocenters. The SMILES string of the molecule is CC(C)CCC[C@@H](C)[C@H]1CC[C@H]2[C@@H](OC(=O)/C=C/c3cccc(O)c3)CCC[C@]12C. The number of aromatic hydroxyl groups is 1. The Hall–Kier alpha value is -1.77. The fourth-order valence-corrected chi connectivity index (χ4v) is 6.27. The molecular formula is C27H40O3. The van der Waals surface area contributed by atoms with Gasteiger partial charge in [-0.3, -0.25) is 0 Å². The second-order valence-corrected chi connectivity index (χ2v) is 10.4. The van der Waals surface area contributed by atoms with Gasteiger partial charge in [0.25, 0.3) is 0 Å². The largest absolute Gasteiger partial charge is 0.508 e. The summed E-state index contributed by atoms with van der Waals surface area (Å²) in [5, 5.41) is 9.57. The summed E-state index contributed by atoms with van der Waals surface area (Å²) in [6.07, 6.45) is 13.1. The smallest absolute Gasteiger partial charge is 0.331 e. The molecule has 0 spiro atoms. The van der Waals surface area contributed by atoms with Crippen LogP contribution in [0.5, 0.6) is 5.75 Å².